The molecule has 2 aromatic heterocycles. The molecule has 27 heavy (non-hydrogen) atoms. The Balaban J connectivity index is 1.36. The minimum atomic E-state index is 0.454. The maximum absolute atomic E-state index is 6.26. The zero-order chi connectivity index (χ0) is 18.6. The molecule has 1 aliphatic carbocycles. The average molecular weight is 401 g/mol. The van der Waals surface area contributed by atoms with E-state index in [2.05, 4.69) is 57.1 Å². The number of thioether (sulfide) groups is 1. The van der Waals surface area contributed by atoms with Crippen LogP contribution in [0.2, 0.25) is 0 Å². The molecule has 8 heteroatoms. The number of benzene rings is 1. The van der Waals surface area contributed by atoms with Gasteiger partial charge in [-0.1, -0.05) is 48.7 Å². The number of aromatic nitrogens is 4. The maximum Gasteiger partial charge on any atom is 0.210 e. The van der Waals surface area contributed by atoms with Crippen LogP contribution in [0.15, 0.2) is 34.8 Å². The molecule has 4 rings (SSSR count). The number of rotatable bonds is 6. The Bertz CT molecular complexity index is 880. The van der Waals surface area contributed by atoms with Gasteiger partial charge in [0.15, 0.2) is 11.0 Å². The van der Waals surface area contributed by atoms with Crippen LogP contribution < -0.4 is 11.2 Å². The van der Waals surface area contributed by atoms with Crippen molar-refractivity contribution in [1.82, 2.24) is 19.9 Å². The standard InChI is InChI=1S/C19H24N6S2/c1-13-7-9-15(10-8-13)21-18-22-16(11-26-18)12-27-19-24-23-17(25(19)20)14-5-3-2-4-6-14/h7-11,14H,2-6,12,20H2,1H3,(H,21,22). The van der Waals surface area contributed by atoms with E-state index >= 15 is 0 Å². The molecule has 0 amide bonds. The van der Waals surface area contributed by atoms with E-state index in [4.69, 9.17) is 5.84 Å². The molecule has 0 saturated heterocycles. The van der Waals surface area contributed by atoms with Crippen LogP contribution in [0.1, 0.15) is 55.1 Å². The van der Waals surface area contributed by atoms with Crippen LogP contribution in [-0.4, -0.2) is 19.9 Å². The molecule has 3 N–H and O–H groups in total. The molecule has 142 valence electrons. The summed E-state index contributed by atoms with van der Waals surface area (Å²) in [5.41, 5.74) is 3.31. The normalized spacial score (nSPS) is 15.1. The quantitative estimate of drug-likeness (QED) is 0.455. The van der Waals surface area contributed by atoms with Crippen LogP contribution in [0.3, 0.4) is 0 Å². The monoisotopic (exact) mass is 400 g/mol. The highest BCUT2D eigenvalue weighted by Crippen LogP contribution is 2.33. The Kier molecular flexibility index (Phi) is 5.63. The number of aryl methyl sites for hydroxylation is 1. The molecule has 1 aromatic carbocycles. The first-order valence-electron chi connectivity index (χ1n) is 9.30. The number of nitrogen functional groups attached to an aromatic ring is 1. The van der Waals surface area contributed by atoms with Crippen molar-refractivity contribution >= 4 is 33.9 Å². The summed E-state index contributed by atoms with van der Waals surface area (Å²) in [6, 6.07) is 8.30. The number of nitrogens with zero attached hydrogens (tertiary/aromatic N) is 4. The van der Waals surface area contributed by atoms with Gasteiger partial charge in [0, 0.05) is 22.7 Å². The Hall–Kier alpha value is -2.06. The first-order valence-corrected chi connectivity index (χ1v) is 11.2. The van der Waals surface area contributed by atoms with Crippen molar-refractivity contribution in [3.8, 4) is 0 Å². The fourth-order valence-electron chi connectivity index (χ4n) is 3.36. The lowest BCUT2D eigenvalue weighted by Crippen LogP contribution is -2.18. The number of nitrogens with two attached hydrogens (primary N) is 1. The van der Waals surface area contributed by atoms with Gasteiger partial charge in [0.25, 0.3) is 0 Å². The molecule has 3 aromatic rings. The van der Waals surface area contributed by atoms with Gasteiger partial charge in [-0.2, -0.15) is 0 Å². The second-order valence-electron chi connectivity index (χ2n) is 6.97. The number of anilines is 2. The van der Waals surface area contributed by atoms with Crippen molar-refractivity contribution < 1.29 is 0 Å². The van der Waals surface area contributed by atoms with E-state index in [1.807, 2.05) is 0 Å². The van der Waals surface area contributed by atoms with Crippen LogP contribution >= 0.6 is 23.1 Å². The van der Waals surface area contributed by atoms with Crippen molar-refractivity contribution in [2.45, 2.75) is 55.9 Å². The van der Waals surface area contributed by atoms with Gasteiger partial charge < -0.3 is 11.2 Å². The molecule has 0 spiro atoms. The summed E-state index contributed by atoms with van der Waals surface area (Å²) in [6.45, 7) is 2.08. The molecular weight excluding hydrogens is 376 g/mol. The van der Waals surface area contributed by atoms with Gasteiger partial charge in [0.2, 0.25) is 5.16 Å². The average Bonchev–Trinajstić information content (AvgIpc) is 3.29. The molecule has 1 saturated carbocycles. The predicted octanol–water partition coefficient (Wildman–Crippen LogP) is 4.84. The summed E-state index contributed by atoms with van der Waals surface area (Å²) in [6.07, 6.45) is 6.17. The van der Waals surface area contributed by atoms with Gasteiger partial charge >= 0.3 is 0 Å². The molecule has 2 heterocycles. The molecule has 0 atom stereocenters. The largest absolute Gasteiger partial charge is 0.336 e. The topological polar surface area (TPSA) is 81.7 Å². The van der Waals surface area contributed by atoms with Crippen LogP contribution in [0, 0.1) is 6.92 Å². The van der Waals surface area contributed by atoms with Crippen molar-refractivity contribution in [3.05, 3.63) is 46.7 Å². The van der Waals surface area contributed by atoms with Crippen LogP contribution in [0.5, 0.6) is 0 Å². The van der Waals surface area contributed by atoms with Gasteiger partial charge in [-0.25, -0.2) is 9.66 Å². The summed E-state index contributed by atoms with van der Waals surface area (Å²) < 4.78 is 1.68. The van der Waals surface area contributed by atoms with Gasteiger partial charge in [-0.3, -0.25) is 0 Å². The zero-order valence-electron chi connectivity index (χ0n) is 15.4. The minimum absolute atomic E-state index is 0.454. The molecule has 0 bridgehead atoms. The Labute approximate surface area is 167 Å². The first kappa shape index (κ1) is 18.3. The van der Waals surface area contributed by atoms with E-state index in [-0.39, 0.29) is 0 Å². The van der Waals surface area contributed by atoms with Crippen molar-refractivity contribution in [1.29, 1.82) is 0 Å². The van der Waals surface area contributed by atoms with Crippen molar-refractivity contribution in [3.63, 3.8) is 0 Å². The highest BCUT2D eigenvalue weighted by atomic mass is 32.2. The third kappa shape index (κ3) is 4.44. The van der Waals surface area contributed by atoms with E-state index in [9.17, 15) is 0 Å². The number of thiazole rings is 1. The summed E-state index contributed by atoms with van der Waals surface area (Å²) in [7, 11) is 0. The number of hydrogen-bond acceptors (Lipinski definition) is 7. The second kappa shape index (κ2) is 8.31. The van der Waals surface area contributed by atoms with Crippen LogP contribution in [0.4, 0.5) is 10.8 Å². The minimum Gasteiger partial charge on any atom is -0.336 e. The molecular formula is C19H24N6S2. The highest BCUT2D eigenvalue weighted by Gasteiger charge is 2.22. The summed E-state index contributed by atoms with van der Waals surface area (Å²) in [5, 5.41) is 15.7. The van der Waals surface area contributed by atoms with Crippen molar-refractivity contribution in [2.75, 3.05) is 11.2 Å². The summed E-state index contributed by atoms with van der Waals surface area (Å²) >= 11 is 3.19. The van der Waals surface area contributed by atoms with E-state index in [0.717, 1.165) is 33.2 Å². The maximum atomic E-state index is 6.26. The van der Waals surface area contributed by atoms with Gasteiger partial charge in [0.1, 0.15) is 0 Å². The zero-order valence-corrected chi connectivity index (χ0v) is 17.0. The Morgan fingerprint density at radius 3 is 2.74 bits per heavy atom. The Morgan fingerprint density at radius 2 is 1.96 bits per heavy atom. The highest BCUT2D eigenvalue weighted by molar-refractivity contribution is 7.98. The fraction of sp³-hybridized carbons (Fsp3) is 0.421. The molecule has 6 nitrogen and oxygen atoms in total. The lowest BCUT2D eigenvalue weighted by Gasteiger charge is -2.20. The van der Waals surface area contributed by atoms with Gasteiger partial charge in [-0.15, -0.1) is 21.5 Å². The molecule has 1 fully saturated rings. The first-order chi connectivity index (χ1) is 13.2. The van der Waals surface area contributed by atoms with E-state index in [1.54, 1.807) is 27.8 Å². The van der Waals surface area contributed by atoms with Gasteiger partial charge in [-0.05, 0) is 31.9 Å². The van der Waals surface area contributed by atoms with E-state index in [0.29, 0.717) is 5.92 Å². The lowest BCUT2D eigenvalue weighted by atomic mass is 9.89. The van der Waals surface area contributed by atoms with Crippen LogP contribution in [-0.2, 0) is 5.75 Å². The lowest BCUT2D eigenvalue weighted by molar-refractivity contribution is 0.421. The van der Waals surface area contributed by atoms with Crippen LogP contribution in [0.25, 0.3) is 0 Å². The number of nitrogens with one attached hydrogen (secondary N) is 1. The molecule has 1 aliphatic rings. The fourth-order valence-corrected chi connectivity index (χ4v) is 4.95. The summed E-state index contributed by atoms with van der Waals surface area (Å²) in [5.74, 6) is 8.37. The van der Waals surface area contributed by atoms with E-state index in [1.165, 1.54) is 37.7 Å². The van der Waals surface area contributed by atoms with Gasteiger partial charge in [0.05, 0.1) is 5.69 Å². The smallest absolute Gasteiger partial charge is 0.210 e. The molecule has 0 aliphatic heterocycles. The van der Waals surface area contributed by atoms with Crippen molar-refractivity contribution in [2.24, 2.45) is 0 Å². The summed E-state index contributed by atoms with van der Waals surface area (Å²) in [4.78, 5) is 4.66. The Morgan fingerprint density at radius 1 is 1.19 bits per heavy atom. The third-order valence-corrected chi connectivity index (χ3v) is 6.65. The second-order valence-corrected chi connectivity index (χ2v) is 8.77. The SMILES string of the molecule is Cc1ccc(Nc2nc(CSc3nnc(C4CCCCC4)n3N)cs2)cc1. The number of hydrogen-bond donors (Lipinski definition) is 2. The van der Waals surface area contributed by atoms with E-state index < -0.39 is 0 Å². The molecule has 0 unspecified atom stereocenters. The predicted molar refractivity (Wildman–Crippen MR) is 112 cm³/mol. The third-order valence-electron chi connectivity index (χ3n) is 4.86. The molecule has 0 radical (unpaired) electrons.